The van der Waals surface area contributed by atoms with Crippen molar-refractivity contribution >= 4 is 34.8 Å². The van der Waals surface area contributed by atoms with Gasteiger partial charge in [0.25, 0.3) is 5.91 Å². The molecule has 0 aromatic heterocycles. The van der Waals surface area contributed by atoms with E-state index in [1.165, 1.54) is 0 Å². The second kappa shape index (κ2) is 7.38. The van der Waals surface area contributed by atoms with Crippen LogP contribution in [0.15, 0.2) is 42.5 Å². The van der Waals surface area contributed by atoms with E-state index in [0.29, 0.717) is 27.2 Å². The van der Waals surface area contributed by atoms with Crippen LogP contribution < -0.4 is 14.8 Å². The summed E-state index contributed by atoms with van der Waals surface area (Å²) in [4.78, 5) is 12.2. The largest absolute Gasteiger partial charge is 0.493 e. The molecule has 6 heteroatoms. The number of nitrogens with one attached hydrogen (secondary N) is 1. The highest BCUT2D eigenvalue weighted by molar-refractivity contribution is 6.35. The van der Waals surface area contributed by atoms with E-state index in [4.69, 9.17) is 32.7 Å². The third-order valence-corrected chi connectivity index (χ3v) is 3.31. The predicted molar refractivity (Wildman–Crippen MR) is 88.2 cm³/mol. The number of halogens is 2. The summed E-state index contributed by atoms with van der Waals surface area (Å²) in [6.45, 7) is 1.65. The van der Waals surface area contributed by atoms with Gasteiger partial charge in [-0.1, -0.05) is 35.3 Å². The number of hydrogen-bond acceptors (Lipinski definition) is 3. The van der Waals surface area contributed by atoms with Crippen molar-refractivity contribution in [3.8, 4) is 11.5 Å². The number of methoxy groups -OCH3 is 1. The Hall–Kier alpha value is -1.91. The SMILES string of the molecule is COc1ccccc1O[C@@H](C)C(=O)Nc1cc(Cl)cc(Cl)c1. The van der Waals surface area contributed by atoms with Crippen molar-refractivity contribution < 1.29 is 14.3 Å². The van der Waals surface area contributed by atoms with E-state index in [2.05, 4.69) is 5.32 Å². The first-order valence-electron chi connectivity index (χ1n) is 6.56. The summed E-state index contributed by atoms with van der Waals surface area (Å²) in [5.74, 6) is 0.744. The van der Waals surface area contributed by atoms with Crippen LogP contribution in [0.1, 0.15) is 6.92 Å². The number of benzene rings is 2. The zero-order valence-corrected chi connectivity index (χ0v) is 13.6. The van der Waals surface area contributed by atoms with E-state index in [9.17, 15) is 4.79 Å². The van der Waals surface area contributed by atoms with Gasteiger partial charge >= 0.3 is 0 Å². The molecule has 0 fully saturated rings. The molecule has 1 atom stereocenters. The smallest absolute Gasteiger partial charge is 0.265 e. The van der Waals surface area contributed by atoms with Gasteiger partial charge in [-0.05, 0) is 37.3 Å². The average Bonchev–Trinajstić information content (AvgIpc) is 2.46. The van der Waals surface area contributed by atoms with Gasteiger partial charge in [-0.2, -0.15) is 0 Å². The molecule has 22 heavy (non-hydrogen) atoms. The van der Waals surface area contributed by atoms with E-state index in [1.807, 2.05) is 6.07 Å². The number of amides is 1. The summed E-state index contributed by atoms with van der Waals surface area (Å²) in [6.07, 6.45) is -0.714. The summed E-state index contributed by atoms with van der Waals surface area (Å²) >= 11 is 11.8. The van der Waals surface area contributed by atoms with Crippen molar-refractivity contribution in [1.29, 1.82) is 0 Å². The van der Waals surface area contributed by atoms with Crippen molar-refractivity contribution in [3.63, 3.8) is 0 Å². The molecule has 0 spiro atoms. The Morgan fingerprint density at radius 2 is 1.68 bits per heavy atom. The van der Waals surface area contributed by atoms with Crippen LogP contribution in [-0.4, -0.2) is 19.1 Å². The van der Waals surface area contributed by atoms with Crippen LogP contribution in [-0.2, 0) is 4.79 Å². The fourth-order valence-electron chi connectivity index (χ4n) is 1.83. The summed E-state index contributed by atoms with van der Waals surface area (Å²) in [5.41, 5.74) is 0.512. The van der Waals surface area contributed by atoms with Gasteiger partial charge in [0, 0.05) is 15.7 Å². The minimum atomic E-state index is -0.714. The van der Waals surface area contributed by atoms with Gasteiger partial charge in [-0.15, -0.1) is 0 Å². The first kappa shape index (κ1) is 16.5. The van der Waals surface area contributed by atoms with Crippen LogP contribution in [0.2, 0.25) is 10.0 Å². The van der Waals surface area contributed by atoms with E-state index < -0.39 is 6.10 Å². The van der Waals surface area contributed by atoms with E-state index in [0.717, 1.165) is 0 Å². The molecule has 0 aliphatic carbocycles. The Balaban J connectivity index is 2.06. The summed E-state index contributed by atoms with van der Waals surface area (Å²) < 4.78 is 10.8. The second-order valence-electron chi connectivity index (χ2n) is 4.56. The van der Waals surface area contributed by atoms with E-state index in [-0.39, 0.29) is 5.91 Å². The molecule has 4 nitrogen and oxygen atoms in total. The molecule has 0 aliphatic rings. The molecule has 0 aliphatic heterocycles. The molecule has 0 unspecified atom stereocenters. The van der Waals surface area contributed by atoms with Crippen molar-refractivity contribution in [1.82, 2.24) is 0 Å². The molecule has 2 rings (SSSR count). The molecule has 2 aromatic rings. The van der Waals surface area contributed by atoms with E-state index in [1.54, 1.807) is 50.4 Å². The number of hydrogen-bond donors (Lipinski definition) is 1. The fraction of sp³-hybridized carbons (Fsp3) is 0.188. The van der Waals surface area contributed by atoms with Gasteiger partial charge in [0.05, 0.1) is 7.11 Å². The maximum Gasteiger partial charge on any atom is 0.265 e. The Labute approximate surface area is 138 Å². The number of para-hydroxylation sites is 2. The van der Waals surface area contributed by atoms with Crippen LogP contribution in [0.4, 0.5) is 5.69 Å². The third-order valence-electron chi connectivity index (χ3n) is 2.87. The van der Waals surface area contributed by atoms with Crippen LogP contribution in [0, 0.1) is 0 Å². The molecule has 0 saturated carbocycles. The molecule has 0 heterocycles. The first-order valence-corrected chi connectivity index (χ1v) is 7.32. The maximum atomic E-state index is 12.2. The summed E-state index contributed by atoms with van der Waals surface area (Å²) in [6, 6.07) is 11.9. The van der Waals surface area contributed by atoms with Gasteiger partial charge in [0.15, 0.2) is 17.6 Å². The summed E-state index contributed by atoms with van der Waals surface area (Å²) in [5, 5.41) is 3.60. The Kier molecular flexibility index (Phi) is 5.52. The fourth-order valence-corrected chi connectivity index (χ4v) is 2.36. The lowest BCUT2D eigenvalue weighted by molar-refractivity contribution is -0.122. The van der Waals surface area contributed by atoms with Gasteiger partial charge in [0.2, 0.25) is 0 Å². The lowest BCUT2D eigenvalue weighted by Crippen LogP contribution is -2.30. The van der Waals surface area contributed by atoms with E-state index >= 15 is 0 Å². The molecule has 1 amide bonds. The zero-order chi connectivity index (χ0) is 16.1. The highest BCUT2D eigenvalue weighted by Gasteiger charge is 2.17. The highest BCUT2D eigenvalue weighted by atomic mass is 35.5. The van der Waals surface area contributed by atoms with Crippen molar-refractivity contribution in [3.05, 3.63) is 52.5 Å². The number of carbonyl (C=O) groups is 1. The van der Waals surface area contributed by atoms with Gasteiger partial charge in [-0.3, -0.25) is 4.79 Å². The van der Waals surface area contributed by atoms with Crippen LogP contribution in [0.5, 0.6) is 11.5 Å². The molecule has 2 aromatic carbocycles. The maximum absolute atomic E-state index is 12.2. The molecule has 0 saturated heterocycles. The number of rotatable bonds is 5. The lowest BCUT2D eigenvalue weighted by atomic mass is 10.3. The average molecular weight is 340 g/mol. The van der Waals surface area contributed by atoms with Gasteiger partial charge in [0.1, 0.15) is 0 Å². The van der Waals surface area contributed by atoms with Crippen molar-refractivity contribution in [2.75, 3.05) is 12.4 Å². The van der Waals surface area contributed by atoms with Crippen molar-refractivity contribution in [2.45, 2.75) is 13.0 Å². The van der Waals surface area contributed by atoms with Crippen LogP contribution in [0.3, 0.4) is 0 Å². The predicted octanol–water partition coefficient (Wildman–Crippen LogP) is 4.41. The van der Waals surface area contributed by atoms with Crippen LogP contribution in [0.25, 0.3) is 0 Å². The van der Waals surface area contributed by atoms with Gasteiger partial charge in [-0.25, -0.2) is 0 Å². The van der Waals surface area contributed by atoms with Crippen molar-refractivity contribution in [2.24, 2.45) is 0 Å². The normalized spacial score (nSPS) is 11.6. The Morgan fingerprint density at radius 3 is 2.27 bits per heavy atom. The molecular weight excluding hydrogens is 325 g/mol. The Morgan fingerprint density at radius 1 is 1.09 bits per heavy atom. The molecular formula is C16H15Cl2NO3. The van der Waals surface area contributed by atoms with Crippen LogP contribution >= 0.6 is 23.2 Å². The van der Waals surface area contributed by atoms with Gasteiger partial charge < -0.3 is 14.8 Å². The Bertz CT molecular complexity index is 656. The minimum Gasteiger partial charge on any atom is -0.493 e. The third kappa shape index (κ3) is 4.29. The summed E-state index contributed by atoms with van der Waals surface area (Å²) in [7, 11) is 1.54. The zero-order valence-electron chi connectivity index (χ0n) is 12.1. The molecule has 0 radical (unpaired) electrons. The molecule has 116 valence electrons. The quantitative estimate of drug-likeness (QED) is 0.877. The standard InChI is InChI=1S/C16H15Cl2NO3/c1-10(22-15-6-4-3-5-14(15)21-2)16(20)19-13-8-11(17)7-12(18)9-13/h3-10H,1-2H3,(H,19,20)/t10-/m0/s1. The minimum absolute atomic E-state index is 0.316. The molecule has 0 bridgehead atoms. The lowest BCUT2D eigenvalue weighted by Gasteiger charge is -2.16. The number of anilines is 1. The second-order valence-corrected chi connectivity index (χ2v) is 5.43. The monoisotopic (exact) mass is 339 g/mol. The number of carbonyl (C=O) groups excluding carboxylic acids is 1. The molecule has 1 N–H and O–H groups in total. The number of ether oxygens (including phenoxy) is 2. The topological polar surface area (TPSA) is 47.6 Å². The highest BCUT2D eigenvalue weighted by Crippen LogP contribution is 2.27. The first-order chi connectivity index (χ1) is 10.5.